The summed E-state index contributed by atoms with van der Waals surface area (Å²) < 4.78 is 37.7. The largest absolute Gasteiger partial charge is 0.495 e. The van der Waals surface area contributed by atoms with Gasteiger partial charge in [0, 0.05) is 19.5 Å². The maximum Gasteiger partial charge on any atom is 0.246 e. The number of alkyl halides is 1. The SMILES string of the molecule is COc1cc(CCl)ccc1S(=O)(=O)N(C)C1CCOC1C. The van der Waals surface area contributed by atoms with Gasteiger partial charge < -0.3 is 9.47 Å². The Hall–Kier alpha value is -0.820. The van der Waals surface area contributed by atoms with E-state index in [9.17, 15) is 8.42 Å². The number of rotatable bonds is 5. The van der Waals surface area contributed by atoms with Crippen molar-refractivity contribution in [2.75, 3.05) is 20.8 Å². The zero-order chi connectivity index (χ0) is 15.6. The maximum absolute atomic E-state index is 12.8. The van der Waals surface area contributed by atoms with Crippen molar-refractivity contribution in [1.29, 1.82) is 0 Å². The maximum atomic E-state index is 12.8. The summed E-state index contributed by atoms with van der Waals surface area (Å²) in [5.74, 6) is 0.617. The van der Waals surface area contributed by atoms with Gasteiger partial charge in [0.2, 0.25) is 10.0 Å². The molecule has 1 aromatic carbocycles. The number of hydrogen-bond acceptors (Lipinski definition) is 4. The van der Waals surface area contributed by atoms with Crippen LogP contribution in [-0.4, -0.2) is 45.6 Å². The van der Waals surface area contributed by atoms with E-state index in [1.807, 2.05) is 6.92 Å². The van der Waals surface area contributed by atoms with E-state index in [1.54, 1.807) is 25.2 Å². The second-order valence-electron chi connectivity index (χ2n) is 5.07. The molecule has 2 unspecified atom stereocenters. The van der Waals surface area contributed by atoms with Crippen LogP contribution in [-0.2, 0) is 20.6 Å². The molecule has 0 saturated carbocycles. The first-order valence-corrected chi connectivity index (χ1v) is 8.71. The summed E-state index contributed by atoms with van der Waals surface area (Å²) in [6, 6.07) is 4.74. The van der Waals surface area contributed by atoms with E-state index < -0.39 is 10.0 Å². The lowest BCUT2D eigenvalue weighted by atomic mass is 10.2. The highest BCUT2D eigenvalue weighted by atomic mass is 35.5. The number of halogens is 1. The molecule has 0 bridgehead atoms. The lowest BCUT2D eigenvalue weighted by Crippen LogP contribution is -2.41. The van der Waals surface area contributed by atoms with Gasteiger partial charge in [-0.05, 0) is 31.0 Å². The van der Waals surface area contributed by atoms with Crippen LogP contribution in [0, 0.1) is 0 Å². The predicted molar refractivity (Wildman–Crippen MR) is 81.3 cm³/mol. The highest BCUT2D eigenvalue weighted by Gasteiger charge is 2.36. The van der Waals surface area contributed by atoms with Crippen molar-refractivity contribution in [1.82, 2.24) is 4.31 Å². The smallest absolute Gasteiger partial charge is 0.246 e. The van der Waals surface area contributed by atoms with Crippen molar-refractivity contribution >= 4 is 21.6 Å². The van der Waals surface area contributed by atoms with Crippen LogP contribution in [0.1, 0.15) is 18.9 Å². The molecule has 2 rings (SSSR count). The molecule has 1 heterocycles. The molecule has 21 heavy (non-hydrogen) atoms. The van der Waals surface area contributed by atoms with Crippen LogP contribution in [0.3, 0.4) is 0 Å². The van der Waals surface area contributed by atoms with Crippen LogP contribution in [0.25, 0.3) is 0 Å². The van der Waals surface area contributed by atoms with Crippen molar-refractivity contribution in [3.05, 3.63) is 23.8 Å². The first-order chi connectivity index (χ1) is 9.91. The van der Waals surface area contributed by atoms with E-state index in [0.717, 1.165) is 5.56 Å². The molecule has 2 atom stereocenters. The molecule has 0 spiro atoms. The molecule has 0 radical (unpaired) electrons. The number of likely N-dealkylation sites (N-methyl/N-ethyl adjacent to an activating group) is 1. The van der Waals surface area contributed by atoms with E-state index in [4.69, 9.17) is 21.1 Å². The zero-order valence-corrected chi connectivity index (χ0v) is 13.9. The van der Waals surface area contributed by atoms with Gasteiger partial charge in [0.05, 0.1) is 19.3 Å². The fraction of sp³-hybridized carbons (Fsp3) is 0.571. The third-order valence-corrected chi connectivity index (χ3v) is 6.07. The monoisotopic (exact) mass is 333 g/mol. The van der Waals surface area contributed by atoms with Crippen molar-refractivity contribution < 1.29 is 17.9 Å². The second-order valence-corrected chi connectivity index (χ2v) is 7.31. The van der Waals surface area contributed by atoms with Gasteiger partial charge in [-0.2, -0.15) is 4.31 Å². The lowest BCUT2D eigenvalue weighted by molar-refractivity contribution is 0.102. The number of hydrogen-bond donors (Lipinski definition) is 0. The lowest BCUT2D eigenvalue weighted by Gasteiger charge is -2.26. The molecule has 5 nitrogen and oxygen atoms in total. The van der Waals surface area contributed by atoms with Crippen LogP contribution in [0.4, 0.5) is 0 Å². The summed E-state index contributed by atoms with van der Waals surface area (Å²) in [6.45, 7) is 2.46. The van der Waals surface area contributed by atoms with E-state index in [0.29, 0.717) is 24.7 Å². The van der Waals surface area contributed by atoms with Gasteiger partial charge in [-0.15, -0.1) is 11.6 Å². The zero-order valence-electron chi connectivity index (χ0n) is 12.4. The average Bonchev–Trinajstić information content (AvgIpc) is 2.91. The van der Waals surface area contributed by atoms with Crippen LogP contribution < -0.4 is 4.74 Å². The Bertz CT molecular complexity index is 605. The van der Waals surface area contributed by atoms with Crippen molar-refractivity contribution in [2.24, 2.45) is 0 Å². The summed E-state index contributed by atoms with van der Waals surface area (Å²) in [4.78, 5) is 0.153. The highest BCUT2D eigenvalue weighted by Crippen LogP contribution is 2.31. The van der Waals surface area contributed by atoms with Crippen molar-refractivity contribution in [3.8, 4) is 5.75 Å². The molecule has 7 heteroatoms. The van der Waals surface area contributed by atoms with E-state index in [1.165, 1.54) is 11.4 Å². The quantitative estimate of drug-likeness (QED) is 0.775. The first-order valence-electron chi connectivity index (χ1n) is 6.74. The Kier molecular flexibility index (Phi) is 5.14. The number of benzene rings is 1. The van der Waals surface area contributed by atoms with Crippen LogP contribution in [0.5, 0.6) is 5.75 Å². The Morgan fingerprint density at radius 1 is 1.48 bits per heavy atom. The van der Waals surface area contributed by atoms with Crippen LogP contribution in [0.15, 0.2) is 23.1 Å². The molecule has 0 N–H and O–H groups in total. The highest BCUT2D eigenvalue weighted by molar-refractivity contribution is 7.89. The minimum absolute atomic E-state index is 0.113. The first kappa shape index (κ1) is 16.5. The Labute approximate surface area is 130 Å². The standard InChI is InChI=1S/C14H20ClNO4S/c1-10-12(6-7-20-10)16(2)21(17,18)14-5-4-11(9-15)8-13(14)19-3/h4-5,8,10,12H,6-7,9H2,1-3H3. The number of ether oxygens (including phenoxy) is 2. The molecule has 0 aromatic heterocycles. The molecule has 0 amide bonds. The van der Waals surface area contributed by atoms with Crippen LogP contribution >= 0.6 is 11.6 Å². The van der Waals surface area contributed by atoms with Gasteiger partial charge in [0.15, 0.2) is 0 Å². The van der Waals surface area contributed by atoms with Gasteiger partial charge in [-0.25, -0.2) is 8.42 Å². The number of nitrogens with zero attached hydrogens (tertiary/aromatic N) is 1. The summed E-state index contributed by atoms with van der Waals surface area (Å²) in [5.41, 5.74) is 0.813. The van der Waals surface area contributed by atoms with E-state index in [2.05, 4.69) is 0 Å². The van der Waals surface area contributed by atoms with E-state index >= 15 is 0 Å². The normalized spacial score (nSPS) is 22.7. The minimum Gasteiger partial charge on any atom is -0.495 e. The molecular weight excluding hydrogens is 314 g/mol. The molecule has 1 fully saturated rings. The average molecular weight is 334 g/mol. The Morgan fingerprint density at radius 3 is 2.71 bits per heavy atom. The van der Waals surface area contributed by atoms with Crippen molar-refractivity contribution in [2.45, 2.75) is 36.3 Å². The summed E-state index contributed by atoms with van der Waals surface area (Å²) in [6.07, 6.45) is 0.580. The molecule has 1 saturated heterocycles. The number of methoxy groups -OCH3 is 1. The Morgan fingerprint density at radius 2 is 2.19 bits per heavy atom. The molecule has 1 aliphatic rings. The summed E-state index contributed by atoms with van der Waals surface area (Å²) >= 11 is 5.78. The number of sulfonamides is 1. The molecule has 1 aliphatic heterocycles. The van der Waals surface area contributed by atoms with Gasteiger partial charge in [-0.3, -0.25) is 0 Å². The molecule has 1 aromatic rings. The second kappa shape index (κ2) is 6.52. The van der Waals surface area contributed by atoms with Gasteiger partial charge in [0.25, 0.3) is 0 Å². The Balaban J connectivity index is 2.39. The van der Waals surface area contributed by atoms with Crippen molar-refractivity contribution in [3.63, 3.8) is 0 Å². The fourth-order valence-electron chi connectivity index (χ4n) is 2.54. The molecule has 0 aliphatic carbocycles. The van der Waals surface area contributed by atoms with Gasteiger partial charge in [0.1, 0.15) is 10.6 Å². The topological polar surface area (TPSA) is 55.8 Å². The molecular formula is C14H20ClNO4S. The fourth-order valence-corrected chi connectivity index (χ4v) is 4.29. The van der Waals surface area contributed by atoms with E-state index in [-0.39, 0.29) is 17.0 Å². The summed E-state index contributed by atoms with van der Waals surface area (Å²) in [5, 5.41) is 0. The van der Waals surface area contributed by atoms with Gasteiger partial charge >= 0.3 is 0 Å². The van der Waals surface area contributed by atoms with Gasteiger partial charge in [-0.1, -0.05) is 6.07 Å². The molecule has 118 valence electrons. The summed E-state index contributed by atoms with van der Waals surface area (Å²) in [7, 11) is -0.602. The van der Waals surface area contributed by atoms with Crippen LogP contribution in [0.2, 0.25) is 0 Å². The third-order valence-electron chi connectivity index (χ3n) is 3.84. The minimum atomic E-state index is -3.64. The third kappa shape index (κ3) is 3.18. The predicted octanol–water partition coefficient (Wildman–Crippen LogP) is 2.23.